The van der Waals surface area contributed by atoms with E-state index in [9.17, 15) is 22.4 Å². The fourth-order valence-electron chi connectivity index (χ4n) is 4.42. The highest BCUT2D eigenvalue weighted by molar-refractivity contribution is 7.89. The molecule has 0 atom stereocenters. The van der Waals surface area contributed by atoms with Gasteiger partial charge in [-0.15, -0.1) is 0 Å². The summed E-state index contributed by atoms with van der Waals surface area (Å²) >= 11 is 0. The van der Waals surface area contributed by atoms with Crippen LogP contribution in [0.25, 0.3) is 0 Å². The summed E-state index contributed by atoms with van der Waals surface area (Å²) in [6.45, 7) is 3.30. The van der Waals surface area contributed by atoms with Crippen LogP contribution in [0.15, 0.2) is 53.4 Å². The van der Waals surface area contributed by atoms with Gasteiger partial charge in [-0.05, 0) is 49.1 Å². The van der Waals surface area contributed by atoms with E-state index in [1.807, 2.05) is 0 Å². The Morgan fingerprint density at radius 1 is 0.938 bits per heavy atom. The molecule has 2 fully saturated rings. The minimum atomic E-state index is -3.59. The van der Waals surface area contributed by atoms with Gasteiger partial charge < -0.3 is 9.80 Å². The molecule has 2 amide bonds. The summed E-state index contributed by atoms with van der Waals surface area (Å²) in [7, 11) is -3.59. The number of hydrogen-bond acceptors (Lipinski definition) is 4. The fraction of sp³-hybridized carbons (Fsp3) is 0.391. The Bertz CT molecular complexity index is 1130. The van der Waals surface area contributed by atoms with Crippen molar-refractivity contribution in [1.82, 2.24) is 14.1 Å². The molecule has 0 radical (unpaired) electrons. The molecule has 4 rings (SSSR count). The van der Waals surface area contributed by atoms with Crippen molar-refractivity contribution >= 4 is 21.8 Å². The van der Waals surface area contributed by atoms with Crippen molar-refractivity contribution in [1.29, 1.82) is 0 Å². The van der Waals surface area contributed by atoms with Crippen molar-refractivity contribution in [2.45, 2.75) is 37.2 Å². The quantitative estimate of drug-likeness (QED) is 0.642. The van der Waals surface area contributed by atoms with Gasteiger partial charge in [0.15, 0.2) is 0 Å². The molecule has 2 aliphatic heterocycles. The Kier molecular flexibility index (Phi) is 6.30. The van der Waals surface area contributed by atoms with Crippen LogP contribution in [0.3, 0.4) is 0 Å². The van der Waals surface area contributed by atoms with Crippen molar-refractivity contribution in [3.63, 3.8) is 0 Å². The number of carbonyl (C=O) groups excluding carboxylic acids is 2. The van der Waals surface area contributed by atoms with Crippen molar-refractivity contribution in [2.24, 2.45) is 0 Å². The van der Waals surface area contributed by atoms with E-state index >= 15 is 0 Å². The predicted molar refractivity (Wildman–Crippen MR) is 116 cm³/mol. The minimum absolute atomic E-state index is 0.175. The van der Waals surface area contributed by atoms with Gasteiger partial charge in [-0.2, -0.15) is 4.31 Å². The summed E-state index contributed by atoms with van der Waals surface area (Å²) in [5, 5.41) is 0. The molecule has 2 heterocycles. The number of nitrogens with zero attached hydrogens (tertiary/aromatic N) is 3. The monoisotopic (exact) mass is 459 g/mol. The molecule has 2 aliphatic rings. The number of piperazine rings is 1. The lowest BCUT2D eigenvalue weighted by Crippen LogP contribution is -2.58. The lowest BCUT2D eigenvalue weighted by Gasteiger charge is -2.41. The van der Waals surface area contributed by atoms with Crippen molar-refractivity contribution < 1.29 is 22.4 Å². The van der Waals surface area contributed by atoms with E-state index < -0.39 is 21.8 Å². The van der Waals surface area contributed by atoms with E-state index in [1.54, 1.807) is 48.2 Å². The van der Waals surface area contributed by atoms with E-state index in [0.29, 0.717) is 55.0 Å². The Morgan fingerprint density at radius 2 is 1.66 bits per heavy atom. The molecule has 170 valence electrons. The summed E-state index contributed by atoms with van der Waals surface area (Å²) in [6, 6.07) is 12.7. The SMILES string of the molecule is Cc1ccccc1S(=O)(=O)N1CCC(N2CCN(Cc3cccc(F)c3)C(=O)C2=O)CC1. The first-order valence-corrected chi connectivity index (χ1v) is 12.1. The van der Waals surface area contributed by atoms with Crippen LogP contribution in [0.2, 0.25) is 0 Å². The maximum absolute atomic E-state index is 13.4. The van der Waals surface area contributed by atoms with Crippen LogP contribution in [0, 0.1) is 12.7 Å². The third-order valence-corrected chi connectivity index (χ3v) is 8.24. The highest BCUT2D eigenvalue weighted by Crippen LogP contribution is 2.26. The van der Waals surface area contributed by atoms with Crippen LogP contribution in [0.5, 0.6) is 0 Å². The molecule has 0 unspecified atom stereocenters. The molecule has 0 aromatic heterocycles. The number of carbonyl (C=O) groups is 2. The molecule has 2 saturated heterocycles. The van der Waals surface area contributed by atoms with E-state index in [0.717, 1.165) is 0 Å². The standard InChI is InChI=1S/C23H26FN3O4S/c1-17-5-2-3-8-21(17)32(30,31)26-11-9-20(10-12-26)27-14-13-25(22(28)23(27)29)16-18-6-4-7-19(24)15-18/h2-8,15,20H,9-14,16H2,1H3. The van der Waals surface area contributed by atoms with Crippen molar-refractivity contribution in [2.75, 3.05) is 26.2 Å². The summed E-state index contributed by atoms with van der Waals surface area (Å²) in [4.78, 5) is 28.7. The molecule has 9 heteroatoms. The molecule has 2 aromatic carbocycles. The van der Waals surface area contributed by atoms with Gasteiger partial charge in [0.25, 0.3) is 0 Å². The van der Waals surface area contributed by atoms with Crippen LogP contribution in [-0.4, -0.2) is 66.6 Å². The fourth-order valence-corrected chi connectivity index (χ4v) is 6.12. The molecule has 32 heavy (non-hydrogen) atoms. The lowest BCUT2D eigenvalue weighted by molar-refractivity contribution is -0.158. The number of aryl methyl sites for hydroxylation is 1. The van der Waals surface area contributed by atoms with Crippen LogP contribution in [0.1, 0.15) is 24.0 Å². The molecular weight excluding hydrogens is 433 g/mol. The van der Waals surface area contributed by atoms with Gasteiger partial charge in [-0.1, -0.05) is 30.3 Å². The van der Waals surface area contributed by atoms with Crippen LogP contribution >= 0.6 is 0 Å². The Morgan fingerprint density at radius 3 is 2.34 bits per heavy atom. The maximum atomic E-state index is 13.4. The van der Waals surface area contributed by atoms with Crippen LogP contribution in [-0.2, 0) is 26.2 Å². The van der Waals surface area contributed by atoms with Gasteiger partial charge in [0.2, 0.25) is 10.0 Å². The molecule has 0 spiro atoms. The number of piperidine rings is 1. The molecular formula is C23H26FN3O4S. The van der Waals surface area contributed by atoms with E-state index in [1.165, 1.54) is 21.3 Å². The average molecular weight is 460 g/mol. The highest BCUT2D eigenvalue weighted by atomic mass is 32.2. The van der Waals surface area contributed by atoms with Gasteiger partial charge in [0, 0.05) is 38.8 Å². The number of benzene rings is 2. The summed E-state index contributed by atoms with van der Waals surface area (Å²) in [6.07, 6.45) is 0.960. The van der Waals surface area contributed by atoms with E-state index in [2.05, 4.69) is 0 Å². The zero-order chi connectivity index (χ0) is 22.9. The summed E-state index contributed by atoms with van der Waals surface area (Å²) in [5.41, 5.74) is 1.33. The maximum Gasteiger partial charge on any atom is 0.312 e. The zero-order valence-corrected chi connectivity index (χ0v) is 18.7. The second-order valence-electron chi connectivity index (χ2n) is 8.26. The minimum Gasteiger partial charge on any atom is -0.330 e. The number of sulfonamides is 1. The smallest absolute Gasteiger partial charge is 0.312 e. The van der Waals surface area contributed by atoms with Gasteiger partial charge in [-0.25, -0.2) is 12.8 Å². The first kappa shape index (κ1) is 22.4. The molecule has 0 bridgehead atoms. The van der Waals surface area contributed by atoms with E-state index in [4.69, 9.17) is 0 Å². The largest absolute Gasteiger partial charge is 0.330 e. The second kappa shape index (κ2) is 8.99. The molecule has 0 saturated carbocycles. The van der Waals surface area contributed by atoms with Crippen molar-refractivity contribution in [3.8, 4) is 0 Å². The summed E-state index contributed by atoms with van der Waals surface area (Å²) in [5.74, 6) is -1.56. The molecule has 2 aromatic rings. The van der Waals surface area contributed by atoms with Crippen LogP contribution < -0.4 is 0 Å². The van der Waals surface area contributed by atoms with Crippen LogP contribution in [0.4, 0.5) is 4.39 Å². The van der Waals surface area contributed by atoms with Gasteiger partial charge in [0.1, 0.15) is 5.82 Å². The third kappa shape index (κ3) is 4.40. The Balaban J connectivity index is 1.38. The lowest BCUT2D eigenvalue weighted by atomic mass is 10.0. The zero-order valence-electron chi connectivity index (χ0n) is 17.9. The normalized spacial score (nSPS) is 18.9. The van der Waals surface area contributed by atoms with Gasteiger partial charge >= 0.3 is 11.8 Å². The van der Waals surface area contributed by atoms with Crippen molar-refractivity contribution in [3.05, 3.63) is 65.5 Å². The predicted octanol–water partition coefficient (Wildman–Crippen LogP) is 2.16. The van der Waals surface area contributed by atoms with E-state index in [-0.39, 0.29) is 18.4 Å². The number of halogens is 1. The second-order valence-corrected chi connectivity index (χ2v) is 10.2. The third-order valence-electron chi connectivity index (χ3n) is 6.18. The van der Waals surface area contributed by atoms with Gasteiger partial charge in [0.05, 0.1) is 4.90 Å². The Labute approximate surface area is 187 Å². The summed E-state index contributed by atoms with van der Waals surface area (Å²) < 4.78 is 40.9. The average Bonchev–Trinajstić information content (AvgIpc) is 2.77. The molecule has 0 N–H and O–H groups in total. The highest BCUT2D eigenvalue weighted by Gasteiger charge is 2.39. The topological polar surface area (TPSA) is 78.0 Å². The number of hydrogen-bond donors (Lipinski definition) is 0. The first-order valence-electron chi connectivity index (χ1n) is 10.7. The van der Waals surface area contributed by atoms with Gasteiger partial charge in [-0.3, -0.25) is 9.59 Å². The number of amides is 2. The first-order chi connectivity index (χ1) is 15.3. The molecule has 0 aliphatic carbocycles. The number of rotatable bonds is 5. The Hall–Kier alpha value is -2.78. The molecule has 7 nitrogen and oxygen atoms in total.